The summed E-state index contributed by atoms with van der Waals surface area (Å²) in [5.41, 5.74) is 12.3. The topological polar surface area (TPSA) is 61.3 Å². The third-order valence-corrected chi connectivity index (χ3v) is 2.60. The van der Waals surface area contributed by atoms with Crippen LogP contribution in [-0.2, 0) is 4.74 Å². The lowest BCUT2D eigenvalue weighted by atomic mass is 10.1. The van der Waals surface area contributed by atoms with Crippen LogP contribution in [0.5, 0.6) is 0 Å². The van der Waals surface area contributed by atoms with Gasteiger partial charge in [-0.25, -0.2) is 0 Å². The van der Waals surface area contributed by atoms with E-state index in [2.05, 4.69) is 0 Å². The van der Waals surface area contributed by atoms with Crippen molar-refractivity contribution in [3.8, 4) is 0 Å². The zero-order chi connectivity index (χ0) is 10.7. The van der Waals surface area contributed by atoms with Gasteiger partial charge in [0.25, 0.3) is 0 Å². The Morgan fingerprint density at radius 2 is 1.86 bits per heavy atom. The van der Waals surface area contributed by atoms with Gasteiger partial charge >= 0.3 is 0 Å². The third-order valence-electron chi connectivity index (χ3n) is 1.97. The lowest BCUT2D eigenvalue weighted by Gasteiger charge is -2.14. The molecule has 1 aromatic rings. The first-order valence-corrected chi connectivity index (χ1v) is 4.83. The predicted molar refractivity (Wildman–Crippen MR) is 59.7 cm³/mol. The number of hydrogen-bond donors (Lipinski definition) is 2. The number of ether oxygens (including phenoxy) is 1. The highest BCUT2D eigenvalue weighted by molar-refractivity contribution is 6.38. The number of methoxy groups -OCH3 is 1. The first-order chi connectivity index (χ1) is 6.60. The van der Waals surface area contributed by atoms with Gasteiger partial charge in [0.05, 0.1) is 21.8 Å². The molecule has 0 heterocycles. The summed E-state index contributed by atoms with van der Waals surface area (Å²) in [4.78, 5) is 0. The highest BCUT2D eigenvalue weighted by atomic mass is 35.5. The van der Waals surface area contributed by atoms with Crippen molar-refractivity contribution in [2.24, 2.45) is 5.73 Å². The maximum absolute atomic E-state index is 5.87. The fourth-order valence-electron chi connectivity index (χ4n) is 1.16. The van der Waals surface area contributed by atoms with E-state index in [4.69, 9.17) is 39.4 Å². The number of nitrogens with two attached hydrogens (primary N) is 2. The van der Waals surface area contributed by atoms with E-state index in [-0.39, 0.29) is 6.10 Å². The van der Waals surface area contributed by atoms with Crippen LogP contribution in [-0.4, -0.2) is 13.7 Å². The van der Waals surface area contributed by atoms with Gasteiger partial charge in [-0.2, -0.15) is 0 Å². The fourth-order valence-corrected chi connectivity index (χ4v) is 1.66. The minimum absolute atomic E-state index is 0.203. The van der Waals surface area contributed by atoms with Crippen molar-refractivity contribution in [1.82, 2.24) is 0 Å². The number of halogens is 2. The number of rotatable bonds is 3. The van der Waals surface area contributed by atoms with Crippen molar-refractivity contribution in [1.29, 1.82) is 0 Å². The van der Waals surface area contributed by atoms with E-state index < -0.39 is 0 Å². The molecular formula is C9H12Cl2N2O. The monoisotopic (exact) mass is 234 g/mol. The van der Waals surface area contributed by atoms with Crippen LogP contribution in [0.15, 0.2) is 12.1 Å². The highest BCUT2D eigenvalue weighted by Crippen LogP contribution is 2.31. The normalized spacial score (nSPS) is 12.9. The van der Waals surface area contributed by atoms with E-state index in [1.807, 2.05) is 0 Å². The van der Waals surface area contributed by atoms with Crippen LogP contribution in [0.4, 0.5) is 5.69 Å². The summed E-state index contributed by atoms with van der Waals surface area (Å²) in [6.45, 7) is 0.368. The average molecular weight is 235 g/mol. The quantitative estimate of drug-likeness (QED) is 0.789. The molecule has 0 radical (unpaired) electrons. The van der Waals surface area contributed by atoms with E-state index in [0.717, 1.165) is 5.56 Å². The van der Waals surface area contributed by atoms with Gasteiger partial charge < -0.3 is 16.2 Å². The molecule has 0 amide bonds. The maximum Gasteiger partial charge on any atom is 0.0944 e. The largest absolute Gasteiger partial charge is 0.396 e. The maximum atomic E-state index is 5.87. The Morgan fingerprint density at radius 1 is 1.36 bits per heavy atom. The van der Waals surface area contributed by atoms with Gasteiger partial charge in [0, 0.05) is 13.7 Å². The standard InChI is InChI=1S/C9H12Cl2N2O/c1-14-8(4-12)5-2-6(10)9(13)7(11)3-5/h2-3,8H,4,12-13H2,1H3. The zero-order valence-electron chi connectivity index (χ0n) is 7.76. The van der Waals surface area contributed by atoms with Crippen molar-refractivity contribution in [2.45, 2.75) is 6.10 Å². The van der Waals surface area contributed by atoms with E-state index in [9.17, 15) is 0 Å². The minimum atomic E-state index is -0.203. The van der Waals surface area contributed by atoms with Gasteiger partial charge in [-0.1, -0.05) is 23.2 Å². The van der Waals surface area contributed by atoms with E-state index in [1.54, 1.807) is 19.2 Å². The molecule has 0 aliphatic rings. The average Bonchev–Trinajstić information content (AvgIpc) is 2.16. The second-order valence-electron chi connectivity index (χ2n) is 2.86. The van der Waals surface area contributed by atoms with Crippen LogP contribution in [0, 0.1) is 0 Å². The predicted octanol–water partition coefficient (Wildman–Crippen LogP) is 2.22. The Hall–Kier alpha value is -0.480. The van der Waals surface area contributed by atoms with Crippen molar-refractivity contribution < 1.29 is 4.74 Å². The molecule has 0 aliphatic carbocycles. The fraction of sp³-hybridized carbons (Fsp3) is 0.333. The molecule has 0 fully saturated rings. The molecular weight excluding hydrogens is 223 g/mol. The first-order valence-electron chi connectivity index (χ1n) is 4.07. The number of nitrogen functional groups attached to an aromatic ring is 1. The molecule has 5 heteroatoms. The van der Waals surface area contributed by atoms with Crippen molar-refractivity contribution >= 4 is 28.9 Å². The Bertz CT molecular complexity index is 304. The van der Waals surface area contributed by atoms with Gasteiger partial charge in [0.2, 0.25) is 0 Å². The molecule has 78 valence electrons. The Balaban J connectivity index is 3.11. The molecule has 0 aliphatic heterocycles. The summed E-state index contributed by atoms with van der Waals surface area (Å²) < 4.78 is 5.15. The number of hydrogen-bond acceptors (Lipinski definition) is 3. The molecule has 0 aromatic heterocycles. The molecule has 14 heavy (non-hydrogen) atoms. The molecule has 3 nitrogen and oxygen atoms in total. The zero-order valence-corrected chi connectivity index (χ0v) is 9.27. The molecule has 0 bridgehead atoms. The molecule has 1 aromatic carbocycles. The van der Waals surface area contributed by atoms with Crippen LogP contribution in [0.1, 0.15) is 11.7 Å². The first kappa shape index (κ1) is 11.6. The lowest BCUT2D eigenvalue weighted by Crippen LogP contribution is -2.14. The summed E-state index contributed by atoms with van der Waals surface area (Å²) in [6.07, 6.45) is -0.203. The summed E-state index contributed by atoms with van der Waals surface area (Å²) in [5, 5.41) is 0.839. The molecule has 4 N–H and O–H groups in total. The molecule has 1 unspecified atom stereocenters. The van der Waals surface area contributed by atoms with E-state index >= 15 is 0 Å². The summed E-state index contributed by atoms with van der Waals surface area (Å²) in [6, 6.07) is 3.42. The minimum Gasteiger partial charge on any atom is -0.396 e. The summed E-state index contributed by atoms with van der Waals surface area (Å²) in [5.74, 6) is 0. The van der Waals surface area contributed by atoms with Crippen LogP contribution in [0.25, 0.3) is 0 Å². The lowest BCUT2D eigenvalue weighted by molar-refractivity contribution is 0.110. The second kappa shape index (κ2) is 4.84. The van der Waals surface area contributed by atoms with Crippen molar-refractivity contribution in [3.05, 3.63) is 27.7 Å². The highest BCUT2D eigenvalue weighted by Gasteiger charge is 2.12. The van der Waals surface area contributed by atoms with Gasteiger partial charge in [-0.05, 0) is 17.7 Å². The number of anilines is 1. The van der Waals surface area contributed by atoms with Gasteiger partial charge in [0.1, 0.15) is 0 Å². The second-order valence-corrected chi connectivity index (χ2v) is 3.67. The smallest absolute Gasteiger partial charge is 0.0944 e. The van der Waals surface area contributed by atoms with Crippen LogP contribution in [0.3, 0.4) is 0 Å². The van der Waals surface area contributed by atoms with E-state index in [0.29, 0.717) is 22.3 Å². The van der Waals surface area contributed by atoms with Crippen molar-refractivity contribution in [2.75, 3.05) is 19.4 Å². The SMILES string of the molecule is COC(CN)c1cc(Cl)c(N)c(Cl)c1. The number of benzene rings is 1. The third kappa shape index (κ3) is 2.30. The van der Waals surface area contributed by atoms with Gasteiger partial charge in [0.15, 0.2) is 0 Å². The molecule has 1 rings (SSSR count). The molecule has 0 spiro atoms. The van der Waals surface area contributed by atoms with Crippen LogP contribution < -0.4 is 11.5 Å². The summed E-state index contributed by atoms with van der Waals surface area (Å²) in [7, 11) is 1.58. The van der Waals surface area contributed by atoms with Crippen LogP contribution >= 0.6 is 23.2 Å². The van der Waals surface area contributed by atoms with Crippen LogP contribution in [0.2, 0.25) is 10.0 Å². The summed E-state index contributed by atoms with van der Waals surface area (Å²) >= 11 is 11.7. The van der Waals surface area contributed by atoms with E-state index in [1.165, 1.54) is 0 Å². The Morgan fingerprint density at radius 3 is 2.21 bits per heavy atom. The molecule has 0 saturated carbocycles. The molecule has 0 saturated heterocycles. The van der Waals surface area contributed by atoms with Crippen molar-refractivity contribution in [3.63, 3.8) is 0 Å². The molecule has 1 atom stereocenters. The Labute approximate surface area is 92.9 Å². The Kier molecular flexibility index (Phi) is 4.01. The van der Waals surface area contributed by atoms with Gasteiger partial charge in [-0.3, -0.25) is 0 Å². The van der Waals surface area contributed by atoms with Gasteiger partial charge in [-0.15, -0.1) is 0 Å².